The van der Waals surface area contributed by atoms with Crippen LogP contribution in [-0.2, 0) is 19.1 Å². The summed E-state index contributed by atoms with van der Waals surface area (Å²) in [6.07, 6.45) is 2.99. The highest BCUT2D eigenvalue weighted by Gasteiger charge is 2.28. The molecule has 0 saturated heterocycles. The van der Waals surface area contributed by atoms with E-state index in [1.54, 1.807) is 39.8 Å². The van der Waals surface area contributed by atoms with Gasteiger partial charge in [-0.15, -0.1) is 0 Å². The van der Waals surface area contributed by atoms with Gasteiger partial charge >= 0.3 is 11.9 Å². The number of rotatable bonds is 12. The van der Waals surface area contributed by atoms with Gasteiger partial charge in [0.1, 0.15) is 12.1 Å². The molecule has 0 saturated carbocycles. The largest absolute Gasteiger partial charge is 0.464 e. The van der Waals surface area contributed by atoms with E-state index in [0.29, 0.717) is 0 Å². The minimum atomic E-state index is -0.854. The highest BCUT2D eigenvalue weighted by Crippen LogP contribution is 2.09. The fourth-order valence-electron chi connectivity index (χ4n) is 2.82. The van der Waals surface area contributed by atoms with Gasteiger partial charge in [0.15, 0.2) is 11.5 Å². The van der Waals surface area contributed by atoms with E-state index in [0.717, 1.165) is 0 Å². The van der Waals surface area contributed by atoms with Gasteiger partial charge in [-0.2, -0.15) is 0 Å². The summed E-state index contributed by atoms with van der Waals surface area (Å²) >= 11 is 0. The molecule has 0 aliphatic rings. The van der Waals surface area contributed by atoms with E-state index in [4.69, 9.17) is 18.3 Å². The molecule has 0 spiro atoms. The normalized spacial score (nSPS) is 12.8. The molecule has 2 rings (SSSR count). The summed E-state index contributed by atoms with van der Waals surface area (Å²) < 4.78 is 20.5. The lowest BCUT2D eigenvalue weighted by molar-refractivity contribution is -0.149. The standard InChI is InChI=1S/C23H30N2O8/c1-14(2)18(24-20(26)16-8-5-10-30-16)22(28)32-12-7-13-33-23(29)19(15(3)4)25-21(27)17-9-6-11-31-17/h5-6,8-11,14-15,18-19H,7,12-13H2,1-4H3,(H,24,26)(H,25,27)/t18-,19-/m0/s1. The second-order valence-corrected chi connectivity index (χ2v) is 8.03. The van der Waals surface area contributed by atoms with Crippen molar-refractivity contribution in [1.29, 1.82) is 0 Å². The lowest BCUT2D eigenvalue weighted by atomic mass is 10.0. The van der Waals surface area contributed by atoms with Gasteiger partial charge in [0.05, 0.1) is 25.7 Å². The molecule has 2 aromatic heterocycles. The maximum absolute atomic E-state index is 12.4. The summed E-state index contributed by atoms with van der Waals surface area (Å²) in [4.78, 5) is 49.1. The maximum Gasteiger partial charge on any atom is 0.328 e. The topological polar surface area (TPSA) is 137 Å². The molecule has 0 radical (unpaired) electrons. The summed E-state index contributed by atoms with van der Waals surface area (Å²) in [5.41, 5.74) is 0. The zero-order valence-corrected chi connectivity index (χ0v) is 19.2. The van der Waals surface area contributed by atoms with Gasteiger partial charge in [-0.1, -0.05) is 27.7 Å². The maximum atomic E-state index is 12.4. The van der Waals surface area contributed by atoms with Crippen molar-refractivity contribution >= 4 is 23.8 Å². The number of furan rings is 2. The van der Waals surface area contributed by atoms with Crippen LogP contribution in [0.5, 0.6) is 0 Å². The molecule has 2 N–H and O–H groups in total. The van der Waals surface area contributed by atoms with Crippen LogP contribution in [0, 0.1) is 11.8 Å². The summed E-state index contributed by atoms with van der Waals surface area (Å²) in [7, 11) is 0. The number of ether oxygens (including phenoxy) is 2. The van der Waals surface area contributed by atoms with Crippen LogP contribution in [0.1, 0.15) is 55.2 Å². The quantitative estimate of drug-likeness (QED) is 0.363. The van der Waals surface area contributed by atoms with Crippen molar-refractivity contribution < 1.29 is 37.5 Å². The second kappa shape index (κ2) is 12.5. The molecule has 10 nitrogen and oxygen atoms in total. The molecular formula is C23H30N2O8. The third kappa shape index (κ3) is 7.81. The fourth-order valence-corrected chi connectivity index (χ4v) is 2.82. The van der Waals surface area contributed by atoms with Crippen molar-refractivity contribution in [1.82, 2.24) is 10.6 Å². The van der Waals surface area contributed by atoms with Crippen LogP contribution in [0.4, 0.5) is 0 Å². The van der Waals surface area contributed by atoms with E-state index in [9.17, 15) is 19.2 Å². The smallest absolute Gasteiger partial charge is 0.328 e. The van der Waals surface area contributed by atoms with Crippen LogP contribution in [-0.4, -0.2) is 49.1 Å². The molecule has 0 aliphatic carbocycles. The fraction of sp³-hybridized carbons (Fsp3) is 0.478. The Morgan fingerprint density at radius 3 is 1.45 bits per heavy atom. The molecule has 0 unspecified atom stereocenters. The lowest BCUT2D eigenvalue weighted by Crippen LogP contribution is -2.45. The molecule has 0 fully saturated rings. The lowest BCUT2D eigenvalue weighted by Gasteiger charge is -2.21. The zero-order valence-electron chi connectivity index (χ0n) is 19.2. The molecule has 2 atom stereocenters. The highest BCUT2D eigenvalue weighted by atomic mass is 16.5. The Kier molecular flexibility index (Phi) is 9.71. The molecular weight excluding hydrogens is 432 g/mol. The van der Waals surface area contributed by atoms with Crippen LogP contribution >= 0.6 is 0 Å². The molecule has 180 valence electrons. The first-order valence-corrected chi connectivity index (χ1v) is 10.7. The Hall–Kier alpha value is -3.56. The molecule has 0 bridgehead atoms. The van der Waals surface area contributed by atoms with E-state index in [2.05, 4.69) is 10.6 Å². The summed E-state index contributed by atoms with van der Waals surface area (Å²) in [5.74, 6) is -2.44. The number of carbonyl (C=O) groups excluding carboxylic acids is 4. The van der Waals surface area contributed by atoms with Crippen molar-refractivity contribution in [3.05, 3.63) is 48.3 Å². The van der Waals surface area contributed by atoms with Gasteiger partial charge in [0, 0.05) is 6.42 Å². The van der Waals surface area contributed by atoms with Gasteiger partial charge in [-0.25, -0.2) is 9.59 Å². The zero-order chi connectivity index (χ0) is 24.4. The Morgan fingerprint density at radius 2 is 1.15 bits per heavy atom. The summed E-state index contributed by atoms with van der Waals surface area (Å²) in [6, 6.07) is 4.43. The Morgan fingerprint density at radius 1 is 0.758 bits per heavy atom. The predicted molar refractivity (Wildman–Crippen MR) is 116 cm³/mol. The molecule has 2 heterocycles. The molecule has 0 aliphatic heterocycles. The van der Waals surface area contributed by atoms with Gasteiger partial charge in [-0.3, -0.25) is 9.59 Å². The summed E-state index contributed by atoms with van der Waals surface area (Å²) in [6.45, 7) is 7.10. The number of hydrogen-bond acceptors (Lipinski definition) is 8. The minimum absolute atomic E-state index is 0.00292. The monoisotopic (exact) mass is 462 g/mol. The van der Waals surface area contributed by atoms with E-state index in [-0.39, 0.29) is 43.0 Å². The van der Waals surface area contributed by atoms with Gasteiger partial charge in [0.25, 0.3) is 11.8 Å². The van der Waals surface area contributed by atoms with Crippen molar-refractivity contribution in [2.24, 2.45) is 11.8 Å². The van der Waals surface area contributed by atoms with E-state index in [1.807, 2.05) is 0 Å². The first-order valence-electron chi connectivity index (χ1n) is 10.7. The molecule has 33 heavy (non-hydrogen) atoms. The average molecular weight is 462 g/mol. The van der Waals surface area contributed by atoms with Gasteiger partial charge < -0.3 is 28.9 Å². The molecule has 10 heteroatoms. The second-order valence-electron chi connectivity index (χ2n) is 8.03. The number of esters is 2. The van der Waals surface area contributed by atoms with Crippen LogP contribution in [0.3, 0.4) is 0 Å². The van der Waals surface area contributed by atoms with Gasteiger partial charge in [-0.05, 0) is 36.1 Å². The van der Waals surface area contributed by atoms with Crippen LogP contribution in [0.15, 0.2) is 45.6 Å². The Bertz CT molecular complexity index is 829. The minimum Gasteiger partial charge on any atom is -0.464 e. The van der Waals surface area contributed by atoms with Crippen molar-refractivity contribution in [2.45, 2.75) is 46.2 Å². The van der Waals surface area contributed by atoms with E-state index >= 15 is 0 Å². The van der Waals surface area contributed by atoms with Gasteiger partial charge in [0.2, 0.25) is 0 Å². The number of carbonyl (C=O) groups is 4. The van der Waals surface area contributed by atoms with Crippen LogP contribution in [0.2, 0.25) is 0 Å². The molecule has 0 aromatic carbocycles. The number of nitrogens with one attached hydrogen (secondary N) is 2. The van der Waals surface area contributed by atoms with E-state index < -0.39 is 35.8 Å². The Labute approximate surface area is 192 Å². The SMILES string of the molecule is CC(C)[C@H](NC(=O)c1ccco1)C(=O)OCCCOC(=O)[C@@H](NC(=O)c1ccco1)C(C)C. The van der Waals surface area contributed by atoms with Crippen molar-refractivity contribution in [2.75, 3.05) is 13.2 Å². The number of hydrogen-bond donors (Lipinski definition) is 2. The van der Waals surface area contributed by atoms with Crippen LogP contribution < -0.4 is 10.6 Å². The van der Waals surface area contributed by atoms with Crippen molar-refractivity contribution in [3.8, 4) is 0 Å². The van der Waals surface area contributed by atoms with E-state index in [1.165, 1.54) is 24.7 Å². The first-order chi connectivity index (χ1) is 15.7. The summed E-state index contributed by atoms with van der Waals surface area (Å²) in [5, 5.41) is 5.19. The number of amides is 2. The Balaban J connectivity index is 1.75. The van der Waals surface area contributed by atoms with Crippen LogP contribution in [0.25, 0.3) is 0 Å². The third-order valence-electron chi connectivity index (χ3n) is 4.68. The third-order valence-corrected chi connectivity index (χ3v) is 4.68. The molecule has 2 aromatic rings. The van der Waals surface area contributed by atoms with Crippen molar-refractivity contribution in [3.63, 3.8) is 0 Å². The average Bonchev–Trinajstić information content (AvgIpc) is 3.48. The highest BCUT2D eigenvalue weighted by molar-refractivity contribution is 5.95. The predicted octanol–water partition coefficient (Wildman–Crippen LogP) is 2.56. The first kappa shape index (κ1) is 25.7. The molecule has 2 amide bonds.